The Bertz CT molecular complexity index is 957. The number of rotatable bonds is 8. The Kier molecular flexibility index (Phi) is 5.09. The second-order valence-corrected chi connectivity index (χ2v) is 8.59. The van der Waals surface area contributed by atoms with E-state index in [1.807, 2.05) is 0 Å². The largest absolute Gasteiger partial charge is 0.484 e. The lowest BCUT2D eigenvalue weighted by atomic mass is 9.38. The maximum Gasteiger partial charge on any atom is 0.258 e. The predicted molar refractivity (Wildman–Crippen MR) is 105 cm³/mol. The lowest BCUT2D eigenvalue weighted by molar-refractivity contribution is -0.164. The smallest absolute Gasteiger partial charge is 0.258 e. The molecule has 3 aliphatic carbocycles. The fourth-order valence-corrected chi connectivity index (χ4v) is 4.77. The highest BCUT2D eigenvalue weighted by molar-refractivity contribution is 6.30. The van der Waals surface area contributed by atoms with E-state index in [-0.39, 0.29) is 46.6 Å². The molecule has 5 rings (SSSR count). The van der Waals surface area contributed by atoms with E-state index < -0.39 is 5.82 Å². The number of halogens is 2. The quantitative estimate of drug-likeness (QED) is 0.643. The van der Waals surface area contributed by atoms with Crippen LogP contribution in [0, 0.1) is 11.2 Å². The zero-order chi connectivity index (χ0) is 20.6. The third kappa shape index (κ3) is 4.00. The average Bonchev–Trinajstić information content (AvgIpc) is 2.66. The molecule has 3 saturated carbocycles. The molecule has 7 heteroatoms. The highest BCUT2D eigenvalue weighted by Gasteiger charge is 2.68. The summed E-state index contributed by atoms with van der Waals surface area (Å²) in [5, 5.41) is 12.2. The molecular formula is C22H21ClFNO4. The fourth-order valence-electron chi connectivity index (χ4n) is 4.65. The molecule has 3 aliphatic rings. The van der Waals surface area contributed by atoms with E-state index in [2.05, 4.69) is 5.32 Å². The molecule has 3 fully saturated rings. The molecule has 2 aromatic rings. The molecule has 2 bridgehead atoms. The van der Waals surface area contributed by atoms with Crippen molar-refractivity contribution in [2.45, 2.75) is 37.8 Å². The summed E-state index contributed by atoms with van der Waals surface area (Å²) in [7, 11) is 0. The van der Waals surface area contributed by atoms with Gasteiger partial charge in [-0.1, -0.05) is 29.8 Å². The van der Waals surface area contributed by atoms with Crippen molar-refractivity contribution in [1.82, 2.24) is 5.32 Å². The standard InChI is InChI=1S/C22H21ClFNO4/c23-17-5-4-16(7-18(17)24)29-10-20(28)25-22-11-21(12-22,13-22)8-19(27)15-3-1-2-14(6-15)9-26/h1-7,26H,8-13H2,(H,25,28). The summed E-state index contributed by atoms with van der Waals surface area (Å²) in [6.07, 6.45) is 2.76. The van der Waals surface area contributed by atoms with Gasteiger partial charge in [0.25, 0.3) is 5.91 Å². The highest BCUT2D eigenvalue weighted by Crippen LogP contribution is 2.69. The van der Waals surface area contributed by atoms with Crippen molar-refractivity contribution >= 4 is 23.3 Å². The number of hydrogen-bond donors (Lipinski definition) is 2. The number of amides is 1. The number of carbonyl (C=O) groups is 2. The zero-order valence-corrected chi connectivity index (χ0v) is 16.5. The van der Waals surface area contributed by atoms with Gasteiger partial charge in [0.15, 0.2) is 12.4 Å². The van der Waals surface area contributed by atoms with Crippen LogP contribution in [0.3, 0.4) is 0 Å². The number of nitrogens with one attached hydrogen (secondary N) is 1. The lowest BCUT2D eigenvalue weighted by Gasteiger charge is -2.70. The van der Waals surface area contributed by atoms with Gasteiger partial charge in [0.2, 0.25) is 0 Å². The van der Waals surface area contributed by atoms with Gasteiger partial charge in [0.05, 0.1) is 11.6 Å². The molecule has 0 saturated heterocycles. The van der Waals surface area contributed by atoms with Crippen LogP contribution in [-0.4, -0.2) is 28.9 Å². The lowest BCUT2D eigenvalue weighted by Crippen LogP contribution is -2.75. The maximum absolute atomic E-state index is 13.4. The summed E-state index contributed by atoms with van der Waals surface area (Å²) in [4.78, 5) is 24.7. The minimum atomic E-state index is -0.597. The van der Waals surface area contributed by atoms with Gasteiger partial charge in [-0.05, 0) is 48.4 Å². The molecule has 0 heterocycles. The highest BCUT2D eigenvalue weighted by atomic mass is 35.5. The number of carbonyl (C=O) groups excluding carboxylic acids is 2. The van der Waals surface area contributed by atoms with E-state index in [1.165, 1.54) is 12.1 Å². The summed E-state index contributed by atoms with van der Waals surface area (Å²) in [5.41, 5.74) is 1.04. The van der Waals surface area contributed by atoms with Crippen molar-refractivity contribution in [2.24, 2.45) is 5.41 Å². The Morgan fingerprint density at radius 2 is 1.93 bits per heavy atom. The van der Waals surface area contributed by atoms with Gasteiger partial charge in [-0.15, -0.1) is 0 Å². The Morgan fingerprint density at radius 1 is 1.17 bits per heavy atom. The van der Waals surface area contributed by atoms with Crippen LogP contribution in [0.2, 0.25) is 5.02 Å². The Labute approximate surface area is 172 Å². The number of aliphatic hydroxyl groups excluding tert-OH is 1. The first-order valence-corrected chi connectivity index (χ1v) is 9.82. The number of benzene rings is 2. The SMILES string of the molecule is O=C(COc1ccc(Cl)c(F)c1)NC12CC(CC(=O)c3cccc(CO)c3)(C1)C2. The van der Waals surface area contributed by atoms with Crippen LogP contribution < -0.4 is 10.1 Å². The van der Waals surface area contributed by atoms with Crippen LogP contribution in [-0.2, 0) is 11.4 Å². The average molecular weight is 418 g/mol. The zero-order valence-electron chi connectivity index (χ0n) is 15.7. The van der Waals surface area contributed by atoms with Crippen molar-refractivity contribution < 1.29 is 23.8 Å². The van der Waals surface area contributed by atoms with Gasteiger partial charge in [-0.2, -0.15) is 0 Å². The Balaban J connectivity index is 1.24. The van der Waals surface area contributed by atoms with Gasteiger partial charge in [0, 0.05) is 23.6 Å². The molecule has 2 N–H and O–H groups in total. The summed E-state index contributed by atoms with van der Waals surface area (Å²) < 4.78 is 18.7. The van der Waals surface area contributed by atoms with Crippen LogP contribution in [0.1, 0.15) is 41.6 Å². The van der Waals surface area contributed by atoms with Crippen molar-refractivity contribution in [3.05, 3.63) is 64.4 Å². The molecule has 2 aromatic carbocycles. The minimum absolute atomic E-state index is 0.00130. The number of ketones is 1. The van der Waals surface area contributed by atoms with Gasteiger partial charge in [0.1, 0.15) is 11.6 Å². The molecule has 0 radical (unpaired) electrons. The third-order valence-corrected chi connectivity index (χ3v) is 6.08. The van der Waals surface area contributed by atoms with Crippen molar-refractivity contribution in [2.75, 3.05) is 6.61 Å². The topological polar surface area (TPSA) is 75.6 Å². The first-order valence-electron chi connectivity index (χ1n) is 9.44. The first-order chi connectivity index (χ1) is 13.8. The summed E-state index contributed by atoms with van der Waals surface area (Å²) in [6.45, 7) is -0.297. The molecule has 0 aliphatic heterocycles. The first kappa shape index (κ1) is 19.9. The van der Waals surface area contributed by atoms with E-state index in [0.29, 0.717) is 12.0 Å². The van der Waals surface area contributed by atoms with E-state index in [4.69, 9.17) is 16.3 Å². The Morgan fingerprint density at radius 3 is 2.62 bits per heavy atom. The second kappa shape index (κ2) is 7.43. The maximum atomic E-state index is 13.4. The number of ether oxygens (including phenoxy) is 1. The molecule has 0 spiro atoms. The predicted octanol–water partition coefficient (Wildman–Crippen LogP) is 3.66. The van der Waals surface area contributed by atoms with Crippen molar-refractivity contribution in [3.8, 4) is 5.75 Å². The number of Topliss-reactive ketones (excluding diaryl/α,β-unsaturated/α-hetero) is 1. The minimum Gasteiger partial charge on any atom is -0.484 e. The summed E-state index contributed by atoms with van der Waals surface area (Å²) >= 11 is 5.62. The third-order valence-electron chi connectivity index (χ3n) is 5.77. The monoisotopic (exact) mass is 417 g/mol. The van der Waals surface area contributed by atoms with E-state index in [0.717, 1.165) is 30.9 Å². The fraction of sp³-hybridized carbons (Fsp3) is 0.364. The molecule has 29 heavy (non-hydrogen) atoms. The van der Waals surface area contributed by atoms with E-state index >= 15 is 0 Å². The molecular weight excluding hydrogens is 397 g/mol. The van der Waals surface area contributed by atoms with Crippen molar-refractivity contribution in [1.29, 1.82) is 0 Å². The van der Waals surface area contributed by atoms with Crippen LogP contribution in [0.5, 0.6) is 5.75 Å². The van der Waals surface area contributed by atoms with Crippen molar-refractivity contribution in [3.63, 3.8) is 0 Å². The molecule has 0 unspecified atom stereocenters. The molecule has 1 amide bonds. The Hall–Kier alpha value is -2.44. The van der Waals surface area contributed by atoms with Gasteiger partial charge < -0.3 is 15.2 Å². The molecule has 0 aromatic heterocycles. The van der Waals surface area contributed by atoms with Gasteiger partial charge >= 0.3 is 0 Å². The summed E-state index contributed by atoms with van der Waals surface area (Å²) in [5.74, 6) is -0.560. The van der Waals surface area contributed by atoms with Crippen LogP contribution in [0.4, 0.5) is 4.39 Å². The second-order valence-electron chi connectivity index (χ2n) is 8.18. The number of hydrogen-bond acceptors (Lipinski definition) is 4. The van der Waals surface area contributed by atoms with Crippen LogP contribution in [0.15, 0.2) is 42.5 Å². The molecule has 152 valence electrons. The number of aliphatic hydroxyl groups is 1. The molecule has 5 nitrogen and oxygen atoms in total. The van der Waals surface area contributed by atoms with Crippen LogP contribution >= 0.6 is 11.6 Å². The van der Waals surface area contributed by atoms with E-state index in [9.17, 15) is 19.1 Å². The van der Waals surface area contributed by atoms with Crippen LogP contribution in [0.25, 0.3) is 0 Å². The molecule has 0 atom stereocenters. The van der Waals surface area contributed by atoms with Gasteiger partial charge in [-0.25, -0.2) is 4.39 Å². The van der Waals surface area contributed by atoms with E-state index in [1.54, 1.807) is 24.3 Å². The normalized spacial score (nSPS) is 24.2. The summed E-state index contributed by atoms with van der Waals surface area (Å²) in [6, 6.07) is 11.1. The van der Waals surface area contributed by atoms with Gasteiger partial charge in [-0.3, -0.25) is 9.59 Å².